The lowest BCUT2D eigenvalue weighted by Gasteiger charge is -2.00. The third kappa shape index (κ3) is 79.0. The second-order valence-corrected chi connectivity index (χ2v) is 3.74. The van der Waals surface area contributed by atoms with Gasteiger partial charge in [0.15, 0.2) is 0 Å². The number of hydrogen-bond acceptors (Lipinski definition) is 1. The lowest BCUT2D eigenvalue weighted by Crippen LogP contribution is -1.93. The number of halogens is 1. The number of alkyl halides is 1. The molecule has 0 N–H and O–H groups in total. The lowest BCUT2D eigenvalue weighted by atomic mass is 10.6. The van der Waals surface area contributed by atoms with E-state index < -0.39 is 0 Å². The van der Waals surface area contributed by atoms with Gasteiger partial charge in [-0.2, -0.15) is 12.6 Å². The van der Waals surface area contributed by atoms with Gasteiger partial charge in [-0.05, 0) is 13.8 Å². The zero-order chi connectivity index (χ0) is 4.50. The molecule has 0 rings (SSSR count). The maximum Gasteiger partial charge on any atom is 0.0811 e. The van der Waals surface area contributed by atoms with E-state index in [4.69, 9.17) is 11.6 Å². The molecule has 0 bridgehead atoms. The molecule has 0 unspecified atom stereocenters. The Morgan fingerprint density at radius 3 is 1.60 bits per heavy atom. The average Bonchev–Trinajstić information content (AvgIpc) is 0.722. The first-order chi connectivity index (χ1) is 2.00. The highest BCUT2D eigenvalue weighted by Crippen LogP contribution is 2.15. The van der Waals surface area contributed by atoms with Crippen LogP contribution in [-0.4, -0.2) is 4.21 Å². The Hall–Kier alpha value is 0.640. The summed E-state index contributed by atoms with van der Waals surface area (Å²) in [5, 5.41) is 0. The minimum absolute atomic E-state index is 0.333. The van der Waals surface area contributed by atoms with Crippen molar-refractivity contribution in [1.29, 1.82) is 0 Å². The molecule has 5 heavy (non-hydrogen) atoms. The van der Waals surface area contributed by atoms with Crippen LogP contribution in [0.3, 0.4) is 0 Å². The smallest absolute Gasteiger partial charge is 0.0811 e. The summed E-state index contributed by atoms with van der Waals surface area (Å²) in [6.45, 7) is 3.63. The predicted octanol–water partition coefficient (Wildman–Crippen LogP) is 1.89. The van der Waals surface area contributed by atoms with Crippen molar-refractivity contribution >= 4 is 24.2 Å². The molecule has 0 nitrogen and oxygen atoms in total. The number of thiol groups is 1. The molecule has 0 aliphatic heterocycles. The molecule has 0 aliphatic carbocycles. The van der Waals surface area contributed by atoms with Gasteiger partial charge in [-0.1, -0.05) is 0 Å². The Balaban J connectivity index is 3.02. The Labute approximate surface area is 42.9 Å². The van der Waals surface area contributed by atoms with Gasteiger partial charge in [-0.3, -0.25) is 0 Å². The van der Waals surface area contributed by atoms with Gasteiger partial charge >= 0.3 is 0 Å². The van der Waals surface area contributed by atoms with Crippen molar-refractivity contribution in [1.82, 2.24) is 0 Å². The number of hydrogen-bond donors (Lipinski definition) is 1. The number of rotatable bonds is 0. The van der Waals surface area contributed by atoms with E-state index in [9.17, 15) is 0 Å². The van der Waals surface area contributed by atoms with E-state index in [-0.39, 0.29) is 4.21 Å². The molecule has 32 valence electrons. The van der Waals surface area contributed by atoms with Crippen LogP contribution in [0.5, 0.6) is 0 Å². The molecular weight excluding hydrogens is 104 g/mol. The molecule has 0 aromatic heterocycles. The summed E-state index contributed by atoms with van der Waals surface area (Å²) in [5.74, 6) is 0. The van der Waals surface area contributed by atoms with E-state index in [2.05, 4.69) is 12.6 Å². The predicted molar refractivity (Wildman–Crippen MR) is 28.9 cm³/mol. The lowest BCUT2D eigenvalue weighted by molar-refractivity contribution is 1.02. The first-order valence-corrected chi connectivity index (χ1v) is 2.24. The van der Waals surface area contributed by atoms with Crippen molar-refractivity contribution in [2.45, 2.75) is 18.1 Å². The van der Waals surface area contributed by atoms with Gasteiger partial charge in [-0.25, -0.2) is 0 Å². The Kier molecular flexibility index (Phi) is 1.57. The van der Waals surface area contributed by atoms with Crippen molar-refractivity contribution in [2.75, 3.05) is 0 Å². The summed E-state index contributed by atoms with van der Waals surface area (Å²) in [5.41, 5.74) is 0. The summed E-state index contributed by atoms with van der Waals surface area (Å²) < 4.78 is -0.333. The maximum atomic E-state index is 5.39. The van der Waals surface area contributed by atoms with E-state index in [0.717, 1.165) is 0 Å². The molecule has 0 aliphatic rings. The zero-order valence-corrected chi connectivity index (χ0v) is 4.98. The fourth-order valence-corrected chi connectivity index (χ4v) is 0. The van der Waals surface area contributed by atoms with Crippen LogP contribution in [0.15, 0.2) is 0 Å². The molecule has 0 aromatic rings. The standard InChI is InChI=1S/C3H7ClS/c1-3(2,4)5/h5H,1-2H3. The van der Waals surface area contributed by atoms with Crippen LogP contribution in [0.25, 0.3) is 0 Å². The first-order valence-electron chi connectivity index (χ1n) is 1.41. The largest absolute Gasteiger partial charge is 0.157 e. The van der Waals surface area contributed by atoms with Crippen LogP contribution >= 0.6 is 24.2 Å². The second kappa shape index (κ2) is 1.39. The third-order valence-electron chi connectivity index (χ3n) is 0. The summed E-state index contributed by atoms with van der Waals surface area (Å²) in [6, 6.07) is 0. The van der Waals surface area contributed by atoms with Crippen molar-refractivity contribution in [3.05, 3.63) is 0 Å². The zero-order valence-electron chi connectivity index (χ0n) is 3.33. The fourth-order valence-electron chi connectivity index (χ4n) is 0. The van der Waals surface area contributed by atoms with Gasteiger partial charge < -0.3 is 0 Å². The van der Waals surface area contributed by atoms with Gasteiger partial charge in [0.2, 0.25) is 0 Å². The minimum Gasteiger partial charge on any atom is -0.157 e. The molecule has 0 saturated carbocycles. The van der Waals surface area contributed by atoms with Crippen LogP contribution in [0.1, 0.15) is 13.8 Å². The SMILES string of the molecule is CC(C)(S)Cl. The van der Waals surface area contributed by atoms with Crippen LogP contribution in [0.4, 0.5) is 0 Å². The normalized spacial score (nSPS) is 12.0. The topological polar surface area (TPSA) is 0 Å². The second-order valence-electron chi connectivity index (χ2n) is 1.41. The molecule has 0 spiro atoms. The maximum absolute atomic E-state index is 5.39. The molecule has 0 amide bonds. The highest BCUT2D eigenvalue weighted by atomic mass is 35.5. The molecule has 0 saturated heterocycles. The molecular formula is C3H7ClS. The first kappa shape index (κ1) is 5.64. The Bertz CT molecular complexity index is 22.4. The van der Waals surface area contributed by atoms with Crippen molar-refractivity contribution < 1.29 is 0 Å². The van der Waals surface area contributed by atoms with Gasteiger partial charge in [0.25, 0.3) is 0 Å². The van der Waals surface area contributed by atoms with E-state index >= 15 is 0 Å². The quantitative estimate of drug-likeness (QED) is 0.357. The summed E-state index contributed by atoms with van der Waals surface area (Å²) in [4.78, 5) is 0. The van der Waals surface area contributed by atoms with E-state index in [1.807, 2.05) is 13.8 Å². The summed E-state index contributed by atoms with van der Waals surface area (Å²) in [6.07, 6.45) is 0. The molecule has 0 radical (unpaired) electrons. The van der Waals surface area contributed by atoms with E-state index in [0.29, 0.717) is 0 Å². The van der Waals surface area contributed by atoms with Gasteiger partial charge in [0, 0.05) is 0 Å². The van der Waals surface area contributed by atoms with Crippen LogP contribution in [-0.2, 0) is 0 Å². The fraction of sp³-hybridized carbons (Fsp3) is 1.00. The minimum atomic E-state index is -0.333. The van der Waals surface area contributed by atoms with Crippen LogP contribution < -0.4 is 0 Å². The van der Waals surface area contributed by atoms with Crippen molar-refractivity contribution in [3.63, 3.8) is 0 Å². The van der Waals surface area contributed by atoms with Gasteiger partial charge in [0.1, 0.15) is 0 Å². The molecule has 0 fully saturated rings. The monoisotopic (exact) mass is 110 g/mol. The van der Waals surface area contributed by atoms with Crippen LogP contribution in [0.2, 0.25) is 0 Å². The summed E-state index contributed by atoms with van der Waals surface area (Å²) in [7, 11) is 0. The molecule has 0 atom stereocenters. The Morgan fingerprint density at radius 2 is 1.60 bits per heavy atom. The van der Waals surface area contributed by atoms with Gasteiger partial charge in [-0.15, -0.1) is 11.6 Å². The van der Waals surface area contributed by atoms with Crippen LogP contribution in [0, 0.1) is 0 Å². The molecule has 2 heteroatoms. The highest BCUT2D eigenvalue weighted by molar-refractivity contribution is 7.83. The average molecular weight is 111 g/mol. The van der Waals surface area contributed by atoms with Gasteiger partial charge in [0.05, 0.1) is 4.21 Å². The summed E-state index contributed by atoms with van der Waals surface area (Å²) >= 11 is 9.28. The van der Waals surface area contributed by atoms with Crippen molar-refractivity contribution in [3.8, 4) is 0 Å². The molecule has 0 aromatic carbocycles. The molecule has 0 heterocycles. The van der Waals surface area contributed by atoms with E-state index in [1.165, 1.54) is 0 Å². The Morgan fingerprint density at radius 1 is 1.60 bits per heavy atom. The highest BCUT2D eigenvalue weighted by Gasteiger charge is 2.00. The van der Waals surface area contributed by atoms with E-state index in [1.54, 1.807) is 0 Å². The third-order valence-corrected chi connectivity index (χ3v) is 0. The van der Waals surface area contributed by atoms with Crippen molar-refractivity contribution in [2.24, 2.45) is 0 Å².